The minimum Gasteiger partial charge on any atom is -0.508 e. The molecule has 24 heavy (non-hydrogen) atoms. The number of unbranched alkanes of at least 4 members (excludes halogenated alkanes) is 1. The monoisotopic (exact) mass is 353 g/mol. The van der Waals surface area contributed by atoms with Crippen LogP contribution < -0.4 is 5.32 Å². The lowest BCUT2D eigenvalue weighted by Crippen LogP contribution is -2.18. The molecule has 1 amide bonds. The zero-order valence-electron chi connectivity index (χ0n) is 13.2. The second-order valence-corrected chi connectivity index (χ2v) is 5.20. The number of carboxylic acid groups (broad SMARTS) is 1. The van der Waals surface area contributed by atoms with E-state index in [1.54, 1.807) is 12.1 Å². The molecule has 0 saturated carbocycles. The Hall–Kier alpha value is -2.54. The minimum atomic E-state index is -0.943. The number of amides is 1. The second-order valence-electron chi connectivity index (χ2n) is 5.20. The third-order valence-corrected chi connectivity index (χ3v) is 3.44. The quantitative estimate of drug-likeness (QED) is 0.663. The van der Waals surface area contributed by atoms with Crippen LogP contribution in [-0.4, -0.2) is 31.6 Å². The molecule has 1 aromatic carbocycles. The van der Waals surface area contributed by atoms with Crippen LogP contribution in [0.25, 0.3) is 0 Å². The molecule has 0 aliphatic carbocycles. The van der Waals surface area contributed by atoms with Gasteiger partial charge in [-0.1, -0.05) is 19.8 Å². The predicted octanol–water partition coefficient (Wildman–Crippen LogP) is 3.08. The number of nitrogens with one attached hydrogen (secondary N) is 1. The van der Waals surface area contributed by atoms with Crippen molar-refractivity contribution in [3.05, 3.63) is 42.5 Å². The number of carbonyl (C=O) groups excluding carboxylic acids is 1. The summed E-state index contributed by atoms with van der Waals surface area (Å²) in [5.74, 6) is -1.28. The van der Waals surface area contributed by atoms with Gasteiger partial charge in [-0.2, -0.15) is 0 Å². The van der Waals surface area contributed by atoms with Gasteiger partial charge in [-0.15, -0.1) is 12.4 Å². The Labute approximate surface area is 145 Å². The van der Waals surface area contributed by atoms with E-state index in [4.69, 9.17) is 0 Å². The summed E-state index contributed by atoms with van der Waals surface area (Å²) in [4.78, 5) is 27.4. The van der Waals surface area contributed by atoms with Gasteiger partial charge in [0.25, 0.3) is 5.91 Å². The maximum absolute atomic E-state index is 12.1. The van der Waals surface area contributed by atoms with Gasteiger partial charge in [0.05, 0.1) is 6.33 Å². The number of carboxylic acids is 1. The maximum Gasteiger partial charge on any atom is 0.326 e. The zero-order valence-corrected chi connectivity index (χ0v) is 14.0. The van der Waals surface area contributed by atoms with Gasteiger partial charge in [-0.3, -0.25) is 4.79 Å². The molecule has 2 aromatic rings. The van der Waals surface area contributed by atoms with Crippen LogP contribution in [0.3, 0.4) is 0 Å². The summed E-state index contributed by atoms with van der Waals surface area (Å²) in [6.07, 6.45) is 4.96. The van der Waals surface area contributed by atoms with E-state index in [9.17, 15) is 19.8 Å². The number of aromatic hydroxyl groups is 1. The predicted molar refractivity (Wildman–Crippen MR) is 91.7 cm³/mol. The standard InChI is InChI=1S/C16H19N3O4.ClH/c1-2-3-4-14(16(22)23)19-9-13(17-10-19)15(21)18-11-5-7-12(20)8-6-11;/h5-10,14,20H,2-4H2,1H3,(H,18,21)(H,22,23);1H. The first-order valence-electron chi connectivity index (χ1n) is 7.38. The topological polar surface area (TPSA) is 104 Å². The lowest BCUT2D eigenvalue weighted by molar-refractivity contribution is -0.141. The van der Waals surface area contributed by atoms with E-state index in [-0.39, 0.29) is 23.9 Å². The van der Waals surface area contributed by atoms with Gasteiger partial charge in [0.15, 0.2) is 0 Å². The third-order valence-electron chi connectivity index (χ3n) is 3.44. The van der Waals surface area contributed by atoms with Crippen molar-refractivity contribution in [1.29, 1.82) is 0 Å². The Kier molecular flexibility index (Phi) is 7.26. The summed E-state index contributed by atoms with van der Waals surface area (Å²) >= 11 is 0. The summed E-state index contributed by atoms with van der Waals surface area (Å²) in [6, 6.07) is 5.31. The number of nitrogens with zero attached hydrogens (tertiary/aromatic N) is 2. The molecule has 0 spiro atoms. The summed E-state index contributed by atoms with van der Waals surface area (Å²) in [6.45, 7) is 1.99. The van der Waals surface area contributed by atoms with Gasteiger partial charge in [-0.05, 0) is 30.7 Å². The number of hydrogen-bond acceptors (Lipinski definition) is 4. The minimum absolute atomic E-state index is 0. The molecule has 0 radical (unpaired) electrons. The normalized spacial score (nSPS) is 11.4. The first kappa shape index (κ1) is 19.5. The van der Waals surface area contributed by atoms with Crippen molar-refractivity contribution in [1.82, 2.24) is 9.55 Å². The third kappa shape index (κ3) is 4.99. The molecule has 130 valence electrons. The number of imidazole rings is 1. The highest BCUT2D eigenvalue weighted by Gasteiger charge is 2.20. The lowest BCUT2D eigenvalue weighted by atomic mass is 10.1. The first-order valence-corrected chi connectivity index (χ1v) is 7.38. The molecule has 2 rings (SSSR count). The van der Waals surface area contributed by atoms with E-state index in [2.05, 4.69) is 10.3 Å². The lowest BCUT2D eigenvalue weighted by Gasteiger charge is -2.12. The summed E-state index contributed by atoms with van der Waals surface area (Å²) in [7, 11) is 0. The molecule has 0 aliphatic heterocycles. The fraction of sp³-hybridized carbons (Fsp3) is 0.312. The van der Waals surface area contributed by atoms with Crippen molar-refractivity contribution in [2.75, 3.05) is 5.32 Å². The van der Waals surface area contributed by atoms with Gasteiger partial charge in [0.1, 0.15) is 17.5 Å². The van der Waals surface area contributed by atoms with Crippen LogP contribution >= 0.6 is 12.4 Å². The first-order chi connectivity index (χ1) is 11.0. The Balaban J connectivity index is 0.00000288. The van der Waals surface area contributed by atoms with E-state index in [1.165, 1.54) is 29.2 Å². The molecule has 7 nitrogen and oxygen atoms in total. The zero-order chi connectivity index (χ0) is 16.8. The van der Waals surface area contributed by atoms with E-state index >= 15 is 0 Å². The van der Waals surface area contributed by atoms with Crippen LogP contribution in [-0.2, 0) is 4.79 Å². The van der Waals surface area contributed by atoms with Crippen molar-refractivity contribution in [2.24, 2.45) is 0 Å². The number of aliphatic carboxylic acids is 1. The molecule has 0 saturated heterocycles. The number of anilines is 1. The Morgan fingerprint density at radius 1 is 1.29 bits per heavy atom. The number of rotatable bonds is 7. The van der Waals surface area contributed by atoms with Crippen molar-refractivity contribution < 1.29 is 19.8 Å². The molecular formula is C16H20ClN3O4. The van der Waals surface area contributed by atoms with Crippen LogP contribution in [0.2, 0.25) is 0 Å². The number of phenols is 1. The molecule has 0 fully saturated rings. The number of phenolic OH excluding ortho intramolecular Hbond substituents is 1. The highest BCUT2D eigenvalue weighted by atomic mass is 35.5. The van der Waals surface area contributed by atoms with Crippen LogP contribution in [0.5, 0.6) is 5.75 Å². The maximum atomic E-state index is 12.1. The van der Waals surface area contributed by atoms with Gasteiger partial charge in [-0.25, -0.2) is 9.78 Å². The van der Waals surface area contributed by atoms with Crippen molar-refractivity contribution >= 4 is 30.0 Å². The Morgan fingerprint density at radius 3 is 2.54 bits per heavy atom. The fourth-order valence-corrected chi connectivity index (χ4v) is 2.16. The molecule has 3 N–H and O–H groups in total. The number of hydrogen-bond donors (Lipinski definition) is 3. The summed E-state index contributed by atoms with van der Waals surface area (Å²) in [5, 5.41) is 21.1. The van der Waals surface area contributed by atoms with E-state index in [1.807, 2.05) is 6.92 Å². The molecule has 1 aromatic heterocycles. The van der Waals surface area contributed by atoms with E-state index in [0.717, 1.165) is 12.8 Å². The van der Waals surface area contributed by atoms with Gasteiger partial charge in [0.2, 0.25) is 0 Å². The van der Waals surface area contributed by atoms with Crippen molar-refractivity contribution in [2.45, 2.75) is 32.2 Å². The van der Waals surface area contributed by atoms with Crippen LogP contribution in [0.1, 0.15) is 42.7 Å². The van der Waals surface area contributed by atoms with Gasteiger partial charge in [0, 0.05) is 11.9 Å². The van der Waals surface area contributed by atoms with Crippen LogP contribution in [0.4, 0.5) is 5.69 Å². The Morgan fingerprint density at radius 2 is 1.96 bits per heavy atom. The Bertz CT molecular complexity index is 685. The summed E-state index contributed by atoms with van der Waals surface area (Å²) in [5.41, 5.74) is 0.656. The number of halogens is 1. The summed E-state index contributed by atoms with van der Waals surface area (Å²) < 4.78 is 1.45. The van der Waals surface area contributed by atoms with Gasteiger partial charge >= 0.3 is 5.97 Å². The molecule has 1 unspecified atom stereocenters. The largest absolute Gasteiger partial charge is 0.508 e. The average molecular weight is 354 g/mol. The average Bonchev–Trinajstić information content (AvgIpc) is 2.99. The van der Waals surface area contributed by atoms with Gasteiger partial charge < -0.3 is 20.1 Å². The number of aromatic nitrogens is 2. The molecular weight excluding hydrogens is 334 g/mol. The van der Waals surface area contributed by atoms with E-state index in [0.29, 0.717) is 12.1 Å². The smallest absolute Gasteiger partial charge is 0.326 e. The highest BCUT2D eigenvalue weighted by Crippen LogP contribution is 2.18. The second kappa shape index (κ2) is 8.93. The van der Waals surface area contributed by atoms with Crippen molar-refractivity contribution in [3.8, 4) is 5.75 Å². The fourth-order valence-electron chi connectivity index (χ4n) is 2.16. The highest BCUT2D eigenvalue weighted by molar-refractivity contribution is 6.02. The molecule has 1 heterocycles. The molecule has 1 atom stereocenters. The molecule has 0 aliphatic rings. The van der Waals surface area contributed by atoms with Crippen molar-refractivity contribution in [3.63, 3.8) is 0 Å². The SMILES string of the molecule is CCCCC(C(=O)O)n1cnc(C(=O)Nc2ccc(O)cc2)c1.Cl. The number of benzene rings is 1. The molecule has 0 bridgehead atoms. The van der Waals surface area contributed by atoms with Crippen LogP contribution in [0, 0.1) is 0 Å². The van der Waals surface area contributed by atoms with Crippen LogP contribution in [0.15, 0.2) is 36.8 Å². The molecule has 8 heteroatoms. The number of carbonyl (C=O) groups is 2. The van der Waals surface area contributed by atoms with E-state index < -0.39 is 17.9 Å².